The molecule has 1 aromatic carbocycles. The lowest BCUT2D eigenvalue weighted by Gasteiger charge is -2.50. The molecule has 13 nitrogen and oxygen atoms in total. The number of hydrogen-bond acceptors (Lipinski definition) is 10. The van der Waals surface area contributed by atoms with E-state index in [4.69, 9.17) is 5.73 Å². The van der Waals surface area contributed by atoms with Gasteiger partial charge in [0.1, 0.15) is 22.8 Å². The van der Waals surface area contributed by atoms with Gasteiger partial charge in [-0.1, -0.05) is 6.07 Å². The quantitative estimate of drug-likeness (QED) is 0.214. The number of carbonyl (C=O) groups excluding carboxylic acids is 4. The van der Waals surface area contributed by atoms with E-state index in [1.807, 2.05) is 7.05 Å². The number of Topliss-reactive ketones (excluding diaryl/α,β-unsaturated/α-hetero) is 2. The highest BCUT2D eigenvalue weighted by Gasteiger charge is 2.64. The van der Waals surface area contributed by atoms with Crippen LogP contribution in [0.3, 0.4) is 0 Å². The number of nitrogens with one attached hydrogen (secondary N) is 1. The number of urea groups is 1. The van der Waals surface area contributed by atoms with Gasteiger partial charge < -0.3 is 41.3 Å². The number of nitrogens with two attached hydrogens (primary N) is 1. The van der Waals surface area contributed by atoms with Gasteiger partial charge in [-0.2, -0.15) is 0 Å². The molecule has 0 bridgehead atoms. The van der Waals surface area contributed by atoms with Gasteiger partial charge in [0.05, 0.1) is 17.3 Å². The molecule has 2 fully saturated rings. The molecule has 3 aliphatic carbocycles. The SMILES string of the molecule is CN1CCN(C(=O)Nc2ccc3c(c2O)C(O)=C2C(=O)C4(O)C(O)=C(C(N)=O)C(=O)C(N(C)C)C4CC2C3)CC1. The van der Waals surface area contributed by atoms with Crippen molar-refractivity contribution in [3.8, 4) is 5.75 Å². The maximum atomic E-state index is 13.9. The standard InChI is InChI=1S/C27H33N5O8/c1-30(2)19-14-11-13-10-12-4-5-15(29-26(39)32-8-6-31(3)7-9-32)20(33)16(12)21(34)17(13)23(36)27(14,40)24(37)18(22(19)35)25(28)38/h4-5,13-14,19,33-34,37,40H,6-11H2,1-3H3,(H2,28,38)(H,29,39). The van der Waals surface area contributed by atoms with E-state index in [1.165, 1.54) is 11.0 Å². The zero-order chi connectivity index (χ0) is 29.3. The number of anilines is 1. The minimum Gasteiger partial charge on any atom is -0.508 e. The van der Waals surface area contributed by atoms with Crippen molar-refractivity contribution in [3.63, 3.8) is 0 Å². The number of fused-ring (bicyclic) bond motifs is 3. The zero-order valence-corrected chi connectivity index (χ0v) is 22.5. The molecule has 13 heteroatoms. The fraction of sp³-hybridized carbons (Fsp3) is 0.481. The van der Waals surface area contributed by atoms with E-state index in [0.717, 1.165) is 0 Å². The number of rotatable bonds is 3. The van der Waals surface area contributed by atoms with E-state index in [9.17, 15) is 39.6 Å². The summed E-state index contributed by atoms with van der Waals surface area (Å²) in [6, 6.07) is 1.58. The topological polar surface area (TPSA) is 197 Å². The molecule has 3 amide bonds. The lowest BCUT2D eigenvalue weighted by molar-refractivity contribution is -0.153. The van der Waals surface area contributed by atoms with Crippen LogP contribution in [0.15, 0.2) is 29.0 Å². The van der Waals surface area contributed by atoms with Crippen molar-refractivity contribution in [2.75, 3.05) is 52.6 Å². The first-order chi connectivity index (χ1) is 18.8. The second-order valence-electron chi connectivity index (χ2n) is 11.2. The molecule has 7 N–H and O–H groups in total. The number of hydrogen-bond donors (Lipinski definition) is 6. The number of aliphatic hydroxyl groups excluding tert-OH is 2. The Bertz CT molecular complexity index is 1390. The molecule has 1 saturated carbocycles. The van der Waals surface area contributed by atoms with Gasteiger partial charge in [0.15, 0.2) is 11.4 Å². The summed E-state index contributed by atoms with van der Waals surface area (Å²) in [7, 11) is 5.04. The van der Waals surface area contributed by atoms with Crippen LogP contribution in [-0.4, -0.2) is 118 Å². The minimum absolute atomic E-state index is 0.00835. The van der Waals surface area contributed by atoms with E-state index in [0.29, 0.717) is 31.7 Å². The summed E-state index contributed by atoms with van der Waals surface area (Å²) in [5, 5.41) is 47.7. The third kappa shape index (κ3) is 3.95. The van der Waals surface area contributed by atoms with Crippen LogP contribution in [0.2, 0.25) is 0 Å². The summed E-state index contributed by atoms with van der Waals surface area (Å²) in [5.41, 5.74) is 1.99. The van der Waals surface area contributed by atoms with Crippen LogP contribution in [0.5, 0.6) is 5.75 Å². The Morgan fingerprint density at radius 2 is 1.75 bits per heavy atom. The van der Waals surface area contributed by atoms with Gasteiger partial charge in [0, 0.05) is 37.7 Å². The van der Waals surface area contributed by atoms with Gasteiger partial charge >= 0.3 is 6.03 Å². The third-order valence-electron chi connectivity index (χ3n) is 8.63. The van der Waals surface area contributed by atoms with E-state index in [2.05, 4.69) is 10.2 Å². The number of nitrogens with zero attached hydrogens (tertiary/aromatic N) is 3. The second kappa shape index (κ2) is 9.61. The third-order valence-corrected chi connectivity index (χ3v) is 8.63. The van der Waals surface area contributed by atoms with Crippen LogP contribution < -0.4 is 11.1 Å². The molecule has 0 aromatic heterocycles. The summed E-state index contributed by atoms with van der Waals surface area (Å²) in [6.07, 6.45) is 0.184. The maximum Gasteiger partial charge on any atom is 0.322 e. The summed E-state index contributed by atoms with van der Waals surface area (Å²) >= 11 is 0. The number of ketones is 2. The van der Waals surface area contributed by atoms with Gasteiger partial charge in [-0.15, -0.1) is 0 Å². The lowest BCUT2D eigenvalue weighted by atomic mass is 9.57. The van der Waals surface area contributed by atoms with Crippen LogP contribution in [0.1, 0.15) is 17.5 Å². The molecule has 4 unspecified atom stereocenters. The predicted octanol–water partition coefficient (Wildman–Crippen LogP) is -0.257. The molecule has 0 radical (unpaired) electrons. The largest absolute Gasteiger partial charge is 0.508 e. The molecule has 1 saturated heterocycles. The van der Waals surface area contributed by atoms with E-state index < -0.39 is 69.8 Å². The van der Waals surface area contributed by atoms with E-state index in [-0.39, 0.29) is 29.7 Å². The monoisotopic (exact) mass is 555 g/mol. The number of aromatic hydroxyl groups is 1. The number of primary amides is 1. The highest BCUT2D eigenvalue weighted by atomic mass is 16.3. The molecule has 0 spiro atoms. The smallest absolute Gasteiger partial charge is 0.322 e. The van der Waals surface area contributed by atoms with Crippen molar-refractivity contribution in [3.05, 3.63) is 40.2 Å². The molecule has 1 aliphatic heterocycles. The van der Waals surface area contributed by atoms with Crippen LogP contribution in [0.4, 0.5) is 10.5 Å². The highest BCUT2D eigenvalue weighted by Crippen LogP contribution is 2.53. The number of aliphatic hydroxyl groups is 3. The van der Waals surface area contributed by atoms with Gasteiger partial charge in [0.2, 0.25) is 5.78 Å². The van der Waals surface area contributed by atoms with E-state index in [1.54, 1.807) is 25.1 Å². The Morgan fingerprint density at radius 3 is 2.35 bits per heavy atom. The van der Waals surface area contributed by atoms with Gasteiger partial charge in [0.25, 0.3) is 5.91 Å². The van der Waals surface area contributed by atoms with Crippen LogP contribution in [-0.2, 0) is 20.8 Å². The van der Waals surface area contributed by atoms with E-state index >= 15 is 0 Å². The Morgan fingerprint density at radius 1 is 1.10 bits per heavy atom. The van der Waals surface area contributed by atoms with Gasteiger partial charge in [-0.3, -0.25) is 19.3 Å². The first-order valence-electron chi connectivity index (χ1n) is 13.0. The fourth-order valence-electron chi connectivity index (χ4n) is 6.52. The second-order valence-corrected chi connectivity index (χ2v) is 11.2. The Labute approximate surface area is 230 Å². The molecule has 5 rings (SSSR count). The average Bonchev–Trinajstić information content (AvgIpc) is 2.87. The van der Waals surface area contributed by atoms with Crippen molar-refractivity contribution < 1.29 is 39.6 Å². The van der Waals surface area contributed by atoms with Crippen molar-refractivity contribution in [1.82, 2.24) is 14.7 Å². The normalized spacial score (nSPS) is 28.8. The lowest BCUT2D eigenvalue weighted by Crippen LogP contribution is -2.65. The number of likely N-dealkylation sites (N-methyl/N-ethyl adjacent to an activating group) is 2. The summed E-state index contributed by atoms with van der Waals surface area (Å²) in [4.78, 5) is 57.1. The van der Waals surface area contributed by atoms with Crippen molar-refractivity contribution in [2.24, 2.45) is 17.6 Å². The fourth-order valence-corrected chi connectivity index (χ4v) is 6.52. The van der Waals surface area contributed by atoms with Gasteiger partial charge in [-0.05, 0) is 51.5 Å². The number of benzene rings is 1. The number of phenols is 1. The molecule has 1 heterocycles. The maximum absolute atomic E-state index is 13.9. The Kier molecular flexibility index (Phi) is 6.63. The number of phenolic OH excluding ortho intramolecular Hbond substituents is 1. The number of carbonyl (C=O) groups is 4. The Hall–Kier alpha value is -3.94. The van der Waals surface area contributed by atoms with Crippen molar-refractivity contribution >= 4 is 35.0 Å². The van der Waals surface area contributed by atoms with Crippen molar-refractivity contribution in [2.45, 2.75) is 24.5 Å². The molecule has 4 aliphatic rings. The predicted molar refractivity (Wildman–Crippen MR) is 142 cm³/mol. The average molecular weight is 556 g/mol. The van der Waals surface area contributed by atoms with Crippen molar-refractivity contribution in [1.29, 1.82) is 0 Å². The summed E-state index contributed by atoms with van der Waals surface area (Å²) < 4.78 is 0. The summed E-state index contributed by atoms with van der Waals surface area (Å²) in [6.45, 7) is 2.39. The van der Waals surface area contributed by atoms with Crippen LogP contribution >= 0.6 is 0 Å². The Balaban J connectivity index is 1.56. The first kappa shape index (κ1) is 27.6. The van der Waals surface area contributed by atoms with Crippen LogP contribution in [0, 0.1) is 11.8 Å². The number of amides is 3. The molecular formula is C27H33N5O8. The summed E-state index contributed by atoms with van der Waals surface area (Å²) in [5.74, 6) is -7.17. The molecular weight excluding hydrogens is 522 g/mol. The highest BCUT2D eigenvalue weighted by molar-refractivity contribution is 6.24. The minimum atomic E-state index is -2.70. The first-order valence-corrected chi connectivity index (χ1v) is 13.0. The molecule has 4 atom stereocenters. The van der Waals surface area contributed by atoms with Crippen LogP contribution in [0.25, 0.3) is 5.76 Å². The molecule has 40 heavy (non-hydrogen) atoms. The molecule has 214 valence electrons. The molecule has 1 aromatic rings. The number of piperazine rings is 1. The van der Waals surface area contributed by atoms with Gasteiger partial charge in [-0.25, -0.2) is 4.79 Å². The zero-order valence-electron chi connectivity index (χ0n) is 22.5.